The zero-order chi connectivity index (χ0) is 17.9. The lowest BCUT2D eigenvalue weighted by Crippen LogP contribution is -2.45. The number of hydrogen-bond acceptors (Lipinski definition) is 5. The lowest BCUT2D eigenvalue weighted by Gasteiger charge is -2.20. The minimum atomic E-state index is -0.547. The van der Waals surface area contributed by atoms with Crippen LogP contribution in [0, 0.1) is 6.92 Å². The first kappa shape index (κ1) is 19.6. The van der Waals surface area contributed by atoms with Crippen molar-refractivity contribution in [3.8, 4) is 0 Å². The van der Waals surface area contributed by atoms with Crippen molar-refractivity contribution in [3.05, 3.63) is 35.4 Å². The quantitative estimate of drug-likeness (QED) is 0.697. The fourth-order valence-corrected chi connectivity index (χ4v) is 2.08. The monoisotopic (exact) mass is 335 g/mol. The Morgan fingerprint density at radius 1 is 1.08 bits per heavy atom. The van der Waals surface area contributed by atoms with Crippen LogP contribution in [-0.2, 0) is 20.9 Å². The molecule has 1 aromatic rings. The highest BCUT2D eigenvalue weighted by Crippen LogP contribution is 2.07. The van der Waals surface area contributed by atoms with E-state index in [2.05, 4.69) is 10.6 Å². The molecule has 0 heterocycles. The summed E-state index contributed by atoms with van der Waals surface area (Å²) in [5.41, 5.74) is 2.10. The van der Waals surface area contributed by atoms with Crippen molar-refractivity contribution in [2.75, 3.05) is 26.2 Å². The van der Waals surface area contributed by atoms with Crippen LogP contribution in [0.25, 0.3) is 0 Å². The molecule has 0 bridgehead atoms. The third-order valence-electron chi connectivity index (χ3n) is 3.14. The molecular weight excluding hydrogens is 310 g/mol. The Balaban J connectivity index is 2.69. The average Bonchev–Trinajstić information content (AvgIpc) is 2.49. The van der Waals surface area contributed by atoms with E-state index in [1.54, 1.807) is 18.7 Å². The molecule has 0 fully saturated rings. The van der Waals surface area contributed by atoms with Gasteiger partial charge in [-0.05, 0) is 26.3 Å². The molecule has 0 saturated carbocycles. The van der Waals surface area contributed by atoms with Gasteiger partial charge in [0.15, 0.2) is 0 Å². The largest absolute Gasteiger partial charge is 0.465 e. The van der Waals surface area contributed by atoms with Gasteiger partial charge in [0, 0.05) is 13.1 Å². The molecule has 0 atom stereocenters. The summed E-state index contributed by atoms with van der Waals surface area (Å²) in [4.78, 5) is 36.7. The van der Waals surface area contributed by atoms with Crippen LogP contribution in [-0.4, -0.2) is 49.0 Å². The second kappa shape index (κ2) is 10.4. The van der Waals surface area contributed by atoms with Gasteiger partial charge in [-0.3, -0.25) is 19.8 Å². The molecule has 7 nitrogen and oxygen atoms in total. The second-order valence-corrected chi connectivity index (χ2v) is 5.34. The Kier molecular flexibility index (Phi) is 8.49. The van der Waals surface area contributed by atoms with E-state index in [9.17, 15) is 14.4 Å². The van der Waals surface area contributed by atoms with Gasteiger partial charge in [-0.15, -0.1) is 0 Å². The number of aryl methyl sites for hydroxylation is 1. The van der Waals surface area contributed by atoms with Crippen molar-refractivity contribution in [2.24, 2.45) is 0 Å². The molecule has 2 N–H and O–H groups in total. The average molecular weight is 335 g/mol. The van der Waals surface area contributed by atoms with Gasteiger partial charge < -0.3 is 10.1 Å². The van der Waals surface area contributed by atoms with Gasteiger partial charge in [0.2, 0.25) is 5.91 Å². The van der Waals surface area contributed by atoms with Crippen molar-refractivity contribution in [3.63, 3.8) is 0 Å². The third kappa shape index (κ3) is 7.73. The number of esters is 1. The summed E-state index contributed by atoms with van der Waals surface area (Å²) in [6, 6.07) is 7.26. The van der Waals surface area contributed by atoms with Crippen LogP contribution in [0.1, 0.15) is 25.0 Å². The lowest BCUT2D eigenvalue weighted by atomic mass is 10.1. The van der Waals surface area contributed by atoms with Crippen LogP contribution in [0.5, 0.6) is 0 Å². The van der Waals surface area contributed by atoms with Crippen LogP contribution < -0.4 is 10.6 Å². The van der Waals surface area contributed by atoms with Crippen molar-refractivity contribution in [1.29, 1.82) is 0 Å². The topological polar surface area (TPSA) is 87.7 Å². The molecule has 132 valence electrons. The molecule has 0 aliphatic heterocycles. The number of hydrogen-bond donors (Lipinski definition) is 2. The molecule has 0 aliphatic carbocycles. The number of rotatable bonds is 8. The van der Waals surface area contributed by atoms with Crippen molar-refractivity contribution >= 4 is 17.9 Å². The minimum absolute atomic E-state index is 0.0233. The number of imide groups is 1. The molecule has 1 aromatic carbocycles. The summed E-state index contributed by atoms with van der Waals surface area (Å²) in [5.74, 6) is -0.882. The Labute approximate surface area is 142 Å². The van der Waals surface area contributed by atoms with Crippen LogP contribution in [0.3, 0.4) is 0 Å². The Hall–Kier alpha value is -2.41. The number of carbonyl (C=O) groups excluding carboxylic acids is 3. The molecule has 0 saturated heterocycles. The molecule has 0 aliphatic rings. The van der Waals surface area contributed by atoms with Crippen molar-refractivity contribution in [2.45, 2.75) is 27.3 Å². The van der Waals surface area contributed by atoms with Gasteiger partial charge in [0.05, 0.1) is 19.7 Å². The van der Waals surface area contributed by atoms with E-state index in [4.69, 9.17) is 4.74 Å². The van der Waals surface area contributed by atoms with E-state index >= 15 is 0 Å². The fraction of sp³-hybridized carbons (Fsp3) is 0.471. The summed E-state index contributed by atoms with van der Waals surface area (Å²) >= 11 is 0. The van der Waals surface area contributed by atoms with Crippen molar-refractivity contribution in [1.82, 2.24) is 15.5 Å². The molecule has 1 rings (SSSR count). The van der Waals surface area contributed by atoms with E-state index in [1.165, 1.54) is 0 Å². The van der Waals surface area contributed by atoms with Crippen LogP contribution >= 0.6 is 0 Å². The Bertz CT molecular complexity index is 557. The molecular formula is C17H25N3O4. The van der Waals surface area contributed by atoms with Crippen molar-refractivity contribution < 1.29 is 19.1 Å². The summed E-state index contributed by atoms with van der Waals surface area (Å²) < 4.78 is 4.94. The normalized spacial score (nSPS) is 10.3. The summed E-state index contributed by atoms with van der Waals surface area (Å²) in [5, 5.41) is 4.71. The summed E-state index contributed by atoms with van der Waals surface area (Å²) in [6.45, 7) is 6.48. The second-order valence-electron chi connectivity index (χ2n) is 5.34. The molecule has 7 heteroatoms. The zero-order valence-electron chi connectivity index (χ0n) is 14.4. The highest BCUT2D eigenvalue weighted by Gasteiger charge is 2.17. The van der Waals surface area contributed by atoms with Crippen LogP contribution in [0.2, 0.25) is 0 Å². The SMILES string of the molecule is CCNC(=O)NC(=O)CN(CC(=O)OCC)Cc1ccc(C)cc1. The van der Waals surface area contributed by atoms with Gasteiger partial charge in [-0.1, -0.05) is 29.8 Å². The number of amides is 3. The summed E-state index contributed by atoms with van der Waals surface area (Å²) in [6.07, 6.45) is 0. The molecule has 0 unspecified atom stereocenters. The molecule has 24 heavy (non-hydrogen) atoms. The van der Waals surface area contributed by atoms with Gasteiger partial charge in [0.1, 0.15) is 0 Å². The molecule has 0 radical (unpaired) electrons. The van der Waals surface area contributed by atoms with Gasteiger partial charge >= 0.3 is 12.0 Å². The zero-order valence-corrected chi connectivity index (χ0v) is 14.4. The predicted octanol–water partition coefficient (Wildman–Crippen LogP) is 1.21. The molecule has 0 aromatic heterocycles. The number of benzene rings is 1. The smallest absolute Gasteiger partial charge is 0.321 e. The first-order chi connectivity index (χ1) is 11.4. The van der Waals surface area contributed by atoms with Gasteiger partial charge in [-0.2, -0.15) is 0 Å². The van der Waals surface area contributed by atoms with E-state index in [-0.39, 0.29) is 19.7 Å². The summed E-state index contributed by atoms with van der Waals surface area (Å²) in [7, 11) is 0. The van der Waals surface area contributed by atoms with Gasteiger partial charge in [0.25, 0.3) is 0 Å². The van der Waals surface area contributed by atoms with E-state index < -0.39 is 17.9 Å². The van der Waals surface area contributed by atoms with Crippen LogP contribution in [0.4, 0.5) is 4.79 Å². The first-order valence-electron chi connectivity index (χ1n) is 7.95. The number of carbonyl (C=O) groups is 3. The minimum Gasteiger partial charge on any atom is -0.465 e. The Morgan fingerprint density at radius 2 is 1.75 bits per heavy atom. The lowest BCUT2D eigenvalue weighted by molar-refractivity contribution is -0.144. The fourth-order valence-electron chi connectivity index (χ4n) is 2.08. The third-order valence-corrected chi connectivity index (χ3v) is 3.14. The maximum absolute atomic E-state index is 12.0. The van der Waals surface area contributed by atoms with E-state index in [0.29, 0.717) is 13.1 Å². The molecule has 3 amide bonds. The predicted molar refractivity (Wildman–Crippen MR) is 90.3 cm³/mol. The highest BCUT2D eigenvalue weighted by atomic mass is 16.5. The van der Waals surface area contributed by atoms with Crippen LogP contribution in [0.15, 0.2) is 24.3 Å². The number of ether oxygens (including phenoxy) is 1. The van der Waals surface area contributed by atoms with E-state index in [0.717, 1.165) is 11.1 Å². The molecule has 0 spiro atoms. The number of urea groups is 1. The maximum atomic E-state index is 12.0. The standard InChI is InChI=1S/C17H25N3O4/c1-4-18-17(23)19-15(21)11-20(12-16(22)24-5-2)10-14-8-6-13(3)7-9-14/h6-9H,4-5,10-12H2,1-3H3,(H2,18,19,21,23). The maximum Gasteiger partial charge on any atom is 0.321 e. The number of nitrogens with one attached hydrogen (secondary N) is 2. The number of nitrogens with zero attached hydrogens (tertiary/aromatic N) is 1. The van der Waals surface area contributed by atoms with E-state index in [1.807, 2.05) is 31.2 Å². The highest BCUT2D eigenvalue weighted by molar-refractivity contribution is 5.95. The van der Waals surface area contributed by atoms with Gasteiger partial charge in [-0.25, -0.2) is 4.79 Å². The first-order valence-corrected chi connectivity index (χ1v) is 7.95. The Morgan fingerprint density at radius 3 is 2.33 bits per heavy atom.